The summed E-state index contributed by atoms with van der Waals surface area (Å²) in [5.41, 5.74) is -3.56. The SMILES string of the molecule is CCc1ccc(-c2cc(F)c3c(F)c(OS(=O)(=O)C(F)(F)F)ccc3c2)cc1. The van der Waals surface area contributed by atoms with E-state index in [1.54, 1.807) is 12.1 Å². The van der Waals surface area contributed by atoms with Crippen molar-refractivity contribution in [2.75, 3.05) is 0 Å². The molecule has 3 nitrogen and oxygen atoms in total. The van der Waals surface area contributed by atoms with E-state index in [0.29, 0.717) is 17.2 Å². The van der Waals surface area contributed by atoms with Gasteiger partial charge in [-0.2, -0.15) is 21.6 Å². The molecule has 0 aliphatic heterocycles. The zero-order chi connectivity index (χ0) is 20.7. The highest BCUT2D eigenvalue weighted by Gasteiger charge is 2.49. The average Bonchev–Trinajstić information content (AvgIpc) is 2.62. The minimum atomic E-state index is -6.08. The minimum absolute atomic E-state index is 0.0452. The third-order valence-electron chi connectivity index (χ3n) is 4.15. The van der Waals surface area contributed by atoms with Crippen LogP contribution in [0.1, 0.15) is 12.5 Å². The second kappa shape index (κ2) is 7.05. The first-order valence-corrected chi connectivity index (χ1v) is 9.46. The van der Waals surface area contributed by atoms with Crippen LogP contribution < -0.4 is 4.18 Å². The van der Waals surface area contributed by atoms with Crippen LogP contribution in [0.4, 0.5) is 22.0 Å². The van der Waals surface area contributed by atoms with Crippen molar-refractivity contribution in [2.45, 2.75) is 18.9 Å². The molecule has 0 unspecified atom stereocenters. The fourth-order valence-electron chi connectivity index (χ4n) is 2.68. The van der Waals surface area contributed by atoms with Gasteiger partial charge in [-0.3, -0.25) is 0 Å². The van der Waals surface area contributed by atoms with Crippen molar-refractivity contribution in [1.82, 2.24) is 0 Å². The number of hydrogen-bond acceptors (Lipinski definition) is 3. The highest BCUT2D eigenvalue weighted by atomic mass is 32.2. The third kappa shape index (κ3) is 3.66. The van der Waals surface area contributed by atoms with Crippen molar-refractivity contribution in [3.63, 3.8) is 0 Å². The summed E-state index contributed by atoms with van der Waals surface area (Å²) in [6.07, 6.45) is 0.821. The topological polar surface area (TPSA) is 43.4 Å². The Hall–Kier alpha value is -2.68. The Morgan fingerprint density at radius 1 is 0.929 bits per heavy atom. The first kappa shape index (κ1) is 20.1. The Bertz CT molecular complexity index is 1140. The number of aryl methyl sites for hydroxylation is 1. The first-order chi connectivity index (χ1) is 13.0. The summed E-state index contributed by atoms with van der Waals surface area (Å²) in [5.74, 6) is -3.82. The maximum Gasteiger partial charge on any atom is 0.534 e. The van der Waals surface area contributed by atoms with Crippen LogP contribution in [0.5, 0.6) is 5.75 Å². The van der Waals surface area contributed by atoms with Gasteiger partial charge in [0.25, 0.3) is 0 Å². The zero-order valence-electron chi connectivity index (χ0n) is 14.3. The fraction of sp³-hybridized carbons (Fsp3) is 0.158. The summed E-state index contributed by atoms with van der Waals surface area (Å²) in [7, 11) is -6.08. The number of alkyl halides is 3. The van der Waals surface area contributed by atoms with Crippen molar-refractivity contribution < 1.29 is 34.6 Å². The molecule has 0 bridgehead atoms. The Labute approximate surface area is 157 Å². The molecule has 3 aromatic carbocycles. The Morgan fingerprint density at radius 2 is 1.57 bits per heavy atom. The van der Waals surface area contributed by atoms with Gasteiger partial charge in [0.2, 0.25) is 0 Å². The Morgan fingerprint density at radius 3 is 2.14 bits per heavy atom. The molecule has 0 radical (unpaired) electrons. The quantitative estimate of drug-likeness (QED) is 0.317. The molecule has 0 aliphatic rings. The maximum absolute atomic E-state index is 14.5. The molecule has 148 valence electrons. The van der Waals surface area contributed by atoms with Crippen LogP contribution in [0.15, 0.2) is 48.5 Å². The number of benzene rings is 3. The summed E-state index contributed by atoms with van der Waals surface area (Å²) < 4.78 is 92.3. The molecule has 0 N–H and O–H groups in total. The van der Waals surface area contributed by atoms with Crippen molar-refractivity contribution in [1.29, 1.82) is 0 Å². The van der Waals surface area contributed by atoms with E-state index in [1.165, 1.54) is 6.07 Å². The number of halogens is 5. The minimum Gasteiger partial charge on any atom is -0.373 e. The lowest BCUT2D eigenvalue weighted by Gasteiger charge is -2.12. The molecule has 0 fully saturated rings. The molecule has 0 atom stereocenters. The molecule has 0 heterocycles. The average molecular weight is 416 g/mol. The lowest BCUT2D eigenvalue weighted by Crippen LogP contribution is -2.28. The smallest absolute Gasteiger partial charge is 0.373 e. The molecular formula is C19H13F5O3S. The number of rotatable bonds is 4. The molecule has 3 rings (SSSR count). The van der Waals surface area contributed by atoms with Crippen molar-refractivity contribution in [2.24, 2.45) is 0 Å². The molecule has 0 saturated carbocycles. The molecule has 0 aromatic heterocycles. The largest absolute Gasteiger partial charge is 0.534 e. The fourth-order valence-corrected chi connectivity index (χ4v) is 3.14. The van der Waals surface area contributed by atoms with Gasteiger partial charge >= 0.3 is 15.6 Å². The number of fused-ring (bicyclic) bond motifs is 1. The lowest BCUT2D eigenvalue weighted by atomic mass is 9.99. The summed E-state index contributed by atoms with van der Waals surface area (Å²) in [6.45, 7) is 1.98. The normalized spacial score (nSPS) is 12.4. The predicted molar refractivity (Wildman–Crippen MR) is 94.3 cm³/mol. The molecule has 0 aliphatic carbocycles. The Balaban J connectivity index is 2.08. The van der Waals surface area contributed by atoms with Gasteiger partial charge < -0.3 is 4.18 Å². The van der Waals surface area contributed by atoms with Gasteiger partial charge in [-0.1, -0.05) is 37.3 Å². The molecule has 9 heteroatoms. The molecular weight excluding hydrogens is 403 g/mol. The summed E-state index contributed by atoms with van der Waals surface area (Å²) >= 11 is 0. The van der Waals surface area contributed by atoms with Crippen molar-refractivity contribution in [3.8, 4) is 16.9 Å². The Kier molecular flexibility index (Phi) is 5.05. The third-order valence-corrected chi connectivity index (χ3v) is 5.12. The monoisotopic (exact) mass is 416 g/mol. The van der Waals surface area contributed by atoms with Crippen LogP contribution in [0.2, 0.25) is 0 Å². The van der Waals surface area contributed by atoms with Crippen molar-refractivity contribution in [3.05, 3.63) is 65.7 Å². The van der Waals surface area contributed by atoms with Gasteiger partial charge in [-0.25, -0.2) is 8.78 Å². The van der Waals surface area contributed by atoms with E-state index in [1.807, 2.05) is 19.1 Å². The van der Waals surface area contributed by atoms with Gasteiger partial charge in [-0.15, -0.1) is 0 Å². The lowest BCUT2D eigenvalue weighted by molar-refractivity contribution is -0.0500. The van der Waals surface area contributed by atoms with Gasteiger partial charge in [0.1, 0.15) is 5.82 Å². The summed E-state index contributed by atoms with van der Waals surface area (Å²) in [5, 5.41) is -0.618. The van der Waals surface area contributed by atoms with Gasteiger partial charge in [0.15, 0.2) is 11.6 Å². The van der Waals surface area contributed by atoms with Crippen LogP contribution in [-0.2, 0) is 16.5 Å². The highest BCUT2D eigenvalue weighted by Crippen LogP contribution is 2.35. The van der Waals surface area contributed by atoms with E-state index in [2.05, 4.69) is 4.18 Å². The van der Waals surface area contributed by atoms with Crippen LogP contribution in [0.3, 0.4) is 0 Å². The van der Waals surface area contributed by atoms with E-state index < -0.39 is 38.4 Å². The van der Waals surface area contributed by atoms with Crippen LogP contribution in [0, 0.1) is 11.6 Å². The molecule has 28 heavy (non-hydrogen) atoms. The maximum atomic E-state index is 14.5. The molecule has 3 aromatic rings. The molecule has 0 saturated heterocycles. The van der Waals surface area contributed by atoms with E-state index >= 15 is 0 Å². The van der Waals surface area contributed by atoms with E-state index in [0.717, 1.165) is 24.1 Å². The zero-order valence-corrected chi connectivity index (χ0v) is 15.2. The van der Waals surface area contributed by atoms with Crippen molar-refractivity contribution >= 4 is 20.9 Å². The van der Waals surface area contributed by atoms with Gasteiger partial charge in [0, 0.05) is 0 Å². The van der Waals surface area contributed by atoms with Crippen LogP contribution in [0.25, 0.3) is 21.9 Å². The predicted octanol–water partition coefficient (Wildman–Crippen LogP) is 5.58. The summed E-state index contributed by atoms with van der Waals surface area (Å²) in [6, 6.07) is 11.5. The first-order valence-electron chi connectivity index (χ1n) is 8.05. The van der Waals surface area contributed by atoms with E-state index in [4.69, 9.17) is 0 Å². The van der Waals surface area contributed by atoms with Crippen LogP contribution in [-0.4, -0.2) is 13.9 Å². The number of hydrogen-bond donors (Lipinski definition) is 0. The second-order valence-corrected chi connectivity index (χ2v) is 7.51. The standard InChI is InChI=1S/C19H13F5O3S/c1-2-11-3-5-12(6-4-11)14-9-13-7-8-16(18(21)17(13)15(20)10-14)27-28(25,26)19(22,23)24/h3-10H,2H2,1H3. The van der Waals surface area contributed by atoms with Crippen LogP contribution >= 0.6 is 0 Å². The summed E-state index contributed by atoms with van der Waals surface area (Å²) in [4.78, 5) is 0. The van der Waals surface area contributed by atoms with Gasteiger partial charge in [0.05, 0.1) is 5.39 Å². The van der Waals surface area contributed by atoms with E-state index in [9.17, 15) is 30.4 Å². The second-order valence-electron chi connectivity index (χ2n) is 5.97. The highest BCUT2D eigenvalue weighted by molar-refractivity contribution is 7.88. The van der Waals surface area contributed by atoms with E-state index in [-0.39, 0.29) is 5.39 Å². The molecule has 0 spiro atoms. The van der Waals surface area contributed by atoms with Gasteiger partial charge in [-0.05, 0) is 46.7 Å². The molecule has 0 amide bonds.